The van der Waals surface area contributed by atoms with Crippen LogP contribution in [0.1, 0.15) is 11.1 Å². The minimum Gasteiger partial charge on any atom is -0.493 e. The van der Waals surface area contributed by atoms with Crippen LogP contribution < -0.4 is 19.7 Å². The predicted octanol–water partition coefficient (Wildman–Crippen LogP) is 6.01. The van der Waals surface area contributed by atoms with Crippen LogP contribution in [0, 0.1) is 0 Å². The van der Waals surface area contributed by atoms with Crippen molar-refractivity contribution >= 4 is 68.7 Å². The first-order valence-electron chi connectivity index (χ1n) is 10.2. The van der Waals surface area contributed by atoms with Crippen molar-refractivity contribution in [2.45, 2.75) is 6.61 Å². The third kappa shape index (κ3) is 5.35. The molecular formula is C25H17BrCl2N2O5. The number of nitrogens with zero attached hydrogens (tertiary/aromatic N) is 1. The molecule has 4 amide bonds. The van der Waals surface area contributed by atoms with Gasteiger partial charge in [-0.3, -0.25) is 14.9 Å². The number of amides is 4. The molecule has 1 aliphatic rings. The lowest BCUT2D eigenvalue weighted by atomic mass is 10.1. The van der Waals surface area contributed by atoms with Gasteiger partial charge in [-0.2, -0.15) is 0 Å². The summed E-state index contributed by atoms with van der Waals surface area (Å²) in [5.74, 6) is -0.808. The van der Waals surface area contributed by atoms with Gasteiger partial charge in [-0.25, -0.2) is 9.69 Å². The number of methoxy groups -OCH3 is 1. The molecule has 0 atom stereocenters. The van der Waals surface area contributed by atoms with Gasteiger partial charge in [0.2, 0.25) is 0 Å². The molecule has 4 rings (SSSR count). The van der Waals surface area contributed by atoms with Crippen molar-refractivity contribution < 1.29 is 23.9 Å². The van der Waals surface area contributed by atoms with E-state index in [1.807, 2.05) is 18.2 Å². The predicted molar refractivity (Wildman–Crippen MR) is 137 cm³/mol. The number of rotatable bonds is 6. The molecule has 0 saturated carbocycles. The van der Waals surface area contributed by atoms with E-state index in [1.165, 1.54) is 19.3 Å². The highest BCUT2D eigenvalue weighted by Crippen LogP contribution is 2.38. The number of barbiturate groups is 1. The first-order valence-corrected chi connectivity index (χ1v) is 11.7. The summed E-state index contributed by atoms with van der Waals surface area (Å²) in [5.41, 5.74) is 1.27. The summed E-state index contributed by atoms with van der Waals surface area (Å²) < 4.78 is 11.9. The molecule has 0 radical (unpaired) electrons. The Hall–Kier alpha value is -3.33. The molecular weight excluding hydrogens is 559 g/mol. The maximum atomic E-state index is 13.1. The van der Waals surface area contributed by atoms with Gasteiger partial charge in [0.1, 0.15) is 12.2 Å². The molecule has 1 heterocycles. The topological polar surface area (TPSA) is 84.9 Å². The smallest absolute Gasteiger partial charge is 0.335 e. The maximum Gasteiger partial charge on any atom is 0.335 e. The number of hydrogen-bond donors (Lipinski definition) is 1. The summed E-state index contributed by atoms with van der Waals surface area (Å²) in [5, 5.41) is 3.10. The second-order valence-corrected chi connectivity index (χ2v) is 9.05. The van der Waals surface area contributed by atoms with Crippen LogP contribution in [0.4, 0.5) is 10.5 Å². The van der Waals surface area contributed by atoms with Crippen molar-refractivity contribution in [1.82, 2.24) is 5.32 Å². The molecule has 0 bridgehead atoms. The Balaban J connectivity index is 1.65. The fraction of sp³-hybridized carbons (Fsp3) is 0.0800. The first kappa shape index (κ1) is 24.8. The third-order valence-corrected chi connectivity index (χ3v) is 6.25. The van der Waals surface area contributed by atoms with E-state index >= 15 is 0 Å². The number of nitrogens with one attached hydrogen (secondary N) is 1. The van der Waals surface area contributed by atoms with Crippen molar-refractivity contribution in [3.8, 4) is 11.5 Å². The lowest BCUT2D eigenvalue weighted by Gasteiger charge is -2.26. The van der Waals surface area contributed by atoms with E-state index < -0.39 is 17.8 Å². The maximum absolute atomic E-state index is 13.1. The summed E-state index contributed by atoms with van der Waals surface area (Å²) >= 11 is 15.7. The van der Waals surface area contributed by atoms with Crippen molar-refractivity contribution in [2.24, 2.45) is 0 Å². The van der Waals surface area contributed by atoms with E-state index in [-0.39, 0.29) is 17.9 Å². The standard InChI is InChI=1S/C25H17BrCl2N2O5/c1-34-21-11-14(10-19(26)22(21)35-13-15-5-2-3-8-20(15)28)9-18-23(31)29-25(33)30(24(18)32)17-7-4-6-16(27)12-17/h2-12H,13H2,1H3,(H,29,31,33)/b18-9+. The highest BCUT2D eigenvalue weighted by atomic mass is 79.9. The van der Waals surface area contributed by atoms with Gasteiger partial charge in [0.05, 0.1) is 17.3 Å². The number of ether oxygens (including phenoxy) is 2. The molecule has 0 spiro atoms. The highest BCUT2D eigenvalue weighted by molar-refractivity contribution is 9.10. The second-order valence-electron chi connectivity index (χ2n) is 7.35. The second kappa shape index (κ2) is 10.5. The van der Waals surface area contributed by atoms with E-state index in [0.717, 1.165) is 10.5 Å². The van der Waals surface area contributed by atoms with Gasteiger partial charge in [0, 0.05) is 15.6 Å². The molecule has 3 aromatic rings. The molecule has 0 aliphatic carbocycles. The number of imide groups is 2. The Morgan fingerprint density at radius 2 is 1.80 bits per heavy atom. The zero-order chi connectivity index (χ0) is 25.1. The van der Waals surface area contributed by atoms with E-state index in [0.29, 0.717) is 31.6 Å². The van der Waals surface area contributed by atoms with Gasteiger partial charge in [-0.05, 0) is 64.0 Å². The van der Waals surface area contributed by atoms with Gasteiger partial charge < -0.3 is 9.47 Å². The van der Waals surface area contributed by atoms with Gasteiger partial charge in [0.15, 0.2) is 11.5 Å². The third-order valence-electron chi connectivity index (χ3n) is 5.06. The zero-order valence-corrected chi connectivity index (χ0v) is 21.3. The summed E-state index contributed by atoms with van der Waals surface area (Å²) in [7, 11) is 1.47. The Kier molecular flexibility index (Phi) is 7.45. The molecule has 35 heavy (non-hydrogen) atoms. The van der Waals surface area contributed by atoms with Crippen LogP contribution in [-0.4, -0.2) is 25.0 Å². The van der Waals surface area contributed by atoms with Crippen molar-refractivity contribution in [1.29, 1.82) is 0 Å². The Labute approximate surface area is 219 Å². The molecule has 7 nitrogen and oxygen atoms in total. The number of carbonyl (C=O) groups is 3. The van der Waals surface area contributed by atoms with E-state index in [2.05, 4.69) is 21.2 Å². The lowest BCUT2D eigenvalue weighted by molar-refractivity contribution is -0.122. The number of halogens is 3. The van der Waals surface area contributed by atoms with Gasteiger partial charge in [-0.15, -0.1) is 0 Å². The van der Waals surface area contributed by atoms with Crippen molar-refractivity contribution in [3.63, 3.8) is 0 Å². The summed E-state index contributed by atoms with van der Waals surface area (Å²) in [4.78, 5) is 38.9. The molecule has 1 aliphatic heterocycles. The molecule has 0 aromatic heterocycles. The minimum atomic E-state index is -0.860. The molecule has 1 fully saturated rings. The monoisotopic (exact) mass is 574 g/mol. The van der Waals surface area contributed by atoms with Crippen LogP contribution in [0.25, 0.3) is 6.08 Å². The van der Waals surface area contributed by atoms with Gasteiger partial charge in [0.25, 0.3) is 11.8 Å². The largest absolute Gasteiger partial charge is 0.493 e. The van der Waals surface area contributed by atoms with E-state index in [1.54, 1.807) is 36.4 Å². The van der Waals surface area contributed by atoms with Crippen molar-refractivity contribution in [3.05, 3.63) is 91.9 Å². The molecule has 178 valence electrons. The quantitative estimate of drug-likeness (QED) is 0.287. The van der Waals surface area contributed by atoms with Crippen LogP contribution in [-0.2, 0) is 16.2 Å². The normalized spacial score (nSPS) is 14.8. The number of hydrogen-bond acceptors (Lipinski definition) is 5. The molecule has 0 unspecified atom stereocenters. The fourth-order valence-corrected chi connectivity index (χ4v) is 4.35. The Morgan fingerprint density at radius 3 is 2.51 bits per heavy atom. The molecule has 3 aromatic carbocycles. The highest BCUT2D eigenvalue weighted by Gasteiger charge is 2.37. The minimum absolute atomic E-state index is 0.201. The number of benzene rings is 3. The van der Waals surface area contributed by atoms with E-state index in [4.69, 9.17) is 32.7 Å². The van der Waals surface area contributed by atoms with E-state index in [9.17, 15) is 14.4 Å². The molecule has 1 N–H and O–H groups in total. The van der Waals surface area contributed by atoms with Crippen LogP contribution >= 0.6 is 39.1 Å². The SMILES string of the molecule is COc1cc(/C=C2\C(=O)NC(=O)N(c3cccc(Cl)c3)C2=O)cc(Br)c1OCc1ccccc1Cl. The lowest BCUT2D eigenvalue weighted by Crippen LogP contribution is -2.54. The van der Waals surface area contributed by atoms with Gasteiger partial charge in [-0.1, -0.05) is 47.5 Å². The fourth-order valence-electron chi connectivity index (χ4n) is 3.40. The average Bonchev–Trinajstić information content (AvgIpc) is 2.81. The summed E-state index contributed by atoms with van der Waals surface area (Å²) in [6.07, 6.45) is 1.37. The van der Waals surface area contributed by atoms with Crippen LogP contribution in [0.5, 0.6) is 11.5 Å². The average molecular weight is 576 g/mol. The Morgan fingerprint density at radius 1 is 1.03 bits per heavy atom. The van der Waals surface area contributed by atoms with Crippen molar-refractivity contribution in [2.75, 3.05) is 12.0 Å². The van der Waals surface area contributed by atoms with Crippen LogP contribution in [0.2, 0.25) is 10.0 Å². The molecule has 1 saturated heterocycles. The number of urea groups is 1. The first-order chi connectivity index (χ1) is 16.8. The number of anilines is 1. The van der Waals surface area contributed by atoms with Crippen LogP contribution in [0.15, 0.2) is 70.7 Å². The zero-order valence-electron chi connectivity index (χ0n) is 18.2. The number of carbonyl (C=O) groups excluding carboxylic acids is 3. The van der Waals surface area contributed by atoms with Crippen LogP contribution in [0.3, 0.4) is 0 Å². The Bertz CT molecular complexity index is 1380. The summed E-state index contributed by atoms with van der Waals surface area (Å²) in [6.45, 7) is 0.201. The van der Waals surface area contributed by atoms with Gasteiger partial charge >= 0.3 is 6.03 Å². The summed E-state index contributed by atoms with van der Waals surface area (Å²) in [6, 6.07) is 15.9. The molecule has 10 heteroatoms.